The van der Waals surface area contributed by atoms with E-state index in [4.69, 9.17) is 19.7 Å². The molecule has 5 rings (SSSR count). The summed E-state index contributed by atoms with van der Waals surface area (Å²) in [5.74, 6) is 0.327. The molecule has 3 aromatic heterocycles. The second-order valence-corrected chi connectivity index (χ2v) is 11.0. The minimum absolute atomic E-state index is 0.00192. The first-order valence-electron chi connectivity index (χ1n) is 11.6. The summed E-state index contributed by atoms with van der Waals surface area (Å²) < 4.78 is 40.3. The van der Waals surface area contributed by atoms with Gasteiger partial charge in [0.1, 0.15) is 5.00 Å². The van der Waals surface area contributed by atoms with Crippen LogP contribution in [-0.4, -0.2) is 72.9 Å². The van der Waals surface area contributed by atoms with Gasteiger partial charge in [-0.1, -0.05) is 12.1 Å². The number of amides is 1. The lowest BCUT2D eigenvalue weighted by Crippen LogP contribution is -2.36. The summed E-state index contributed by atoms with van der Waals surface area (Å²) in [5, 5.41) is 9.00. The summed E-state index contributed by atoms with van der Waals surface area (Å²) in [6, 6.07) is 7.93. The third-order valence-corrected chi connectivity index (χ3v) is 8.20. The van der Waals surface area contributed by atoms with E-state index >= 15 is 0 Å². The van der Waals surface area contributed by atoms with Gasteiger partial charge in [-0.3, -0.25) is 14.7 Å². The predicted octanol–water partition coefficient (Wildman–Crippen LogP) is 2.31. The SMILES string of the molecule is COc1ncc(-c2nc(N3CCOCC3)c3sc(NS(=O)(=O)c4cccc(C=CC(=O)NO)c4)cc3n2)cn1. The Morgan fingerprint density at radius 3 is 2.67 bits per heavy atom. The molecule has 202 valence electrons. The van der Waals surface area contributed by atoms with Crippen LogP contribution in [0.15, 0.2) is 53.7 Å². The van der Waals surface area contributed by atoms with Gasteiger partial charge in [-0.25, -0.2) is 33.8 Å². The largest absolute Gasteiger partial charge is 0.467 e. The normalized spacial score (nSPS) is 14.1. The smallest absolute Gasteiger partial charge is 0.316 e. The number of nitrogens with one attached hydrogen (secondary N) is 2. The number of sulfonamides is 1. The lowest BCUT2D eigenvalue weighted by atomic mass is 10.2. The van der Waals surface area contributed by atoms with Gasteiger partial charge in [0.25, 0.3) is 15.9 Å². The highest BCUT2D eigenvalue weighted by Gasteiger charge is 2.22. The number of anilines is 2. The number of nitrogens with zero attached hydrogens (tertiary/aromatic N) is 5. The number of benzene rings is 1. The first kappa shape index (κ1) is 26.4. The first-order chi connectivity index (χ1) is 18.9. The fourth-order valence-corrected chi connectivity index (χ4v) is 6.16. The van der Waals surface area contributed by atoms with Crippen molar-refractivity contribution in [1.29, 1.82) is 0 Å². The molecule has 4 heterocycles. The molecule has 0 aliphatic carbocycles. The van der Waals surface area contributed by atoms with Crippen molar-refractivity contribution in [3.8, 4) is 17.4 Å². The van der Waals surface area contributed by atoms with Crippen LogP contribution in [-0.2, 0) is 19.6 Å². The van der Waals surface area contributed by atoms with Gasteiger partial charge >= 0.3 is 6.01 Å². The number of carbonyl (C=O) groups excluding carboxylic acids is 1. The van der Waals surface area contributed by atoms with Gasteiger partial charge in [0.05, 0.1) is 41.0 Å². The number of hydrogen-bond acceptors (Lipinski definition) is 12. The second kappa shape index (κ2) is 11.3. The lowest BCUT2D eigenvalue weighted by molar-refractivity contribution is -0.124. The molecule has 1 aromatic carbocycles. The zero-order valence-corrected chi connectivity index (χ0v) is 22.2. The van der Waals surface area contributed by atoms with Gasteiger partial charge in [-0.15, -0.1) is 11.3 Å². The monoisotopic (exact) mass is 569 g/mol. The van der Waals surface area contributed by atoms with Crippen molar-refractivity contribution in [1.82, 2.24) is 25.4 Å². The Hall–Kier alpha value is -4.18. The average molecular weight is 570 g/mol. The van der Waals surface area contributed by atoms with Crippen LogP contribution in [0.25, 0.3) is 27.7 Å². The quantitative estimate of drug-likeness (QED) is 0.162. The molecule has 1 aliphatic heterocycles. The van der Waals surface area contributed by atoms with Crippen molar-refractivity contribution in [2.24, 2.45) is 0 Å². The molecule has 0 radical (unpaired) electrons. The Morgan fingerprint density at radius 2 is 1.95 bits per heavy atom. The van der Waals surface area contributed by atoms with Crippen LogP contribution in [0.1, 0.15) is 5.56 Å². The number of methoxy groups -OCH3 is 1. The van der Waals surface area contributed by atoms with Crippen molar-refractivity contribution in [2.75, 3.05) is 43.0 Å². The van der Waals surface area contributed by atoms with Gasteiger partial charge in [-0.2, -0.15) is 0 Å². The molecule has 4 aromatic rings. The van der Waals surface area contributed by atoms with E-state index in [1.54, 1.807) is 30.6 Å². The average Bonchev–Trinajstić information content (AvgIpc) is 3.37. The number of aromatic nitrogens is 4. The van der Waals surface area contributed by atoms with E-state index in [2.05, 4.69) is 24.6 Å². The maximum atomic E-state index is 13.2. The van der Waals surface area contributed by atoms with E-state index in [1.807, 2.05) is 0 Å². The number of hydroxylamine groups is 1. The van der Waals surface area contributed by atoms with E-state index in [9.17, 15) is 13.2 Å². The molecule has 1 aliphatic rings. The van der Waals surface area contributed by atoms with Crippen LogP contribution < -0.4 is 19.8 Å². The van der Waals surface area contributed by atoms with Gasteiger partial charge in [0, 0.05) is 31.6 Å². The molecule has 0 unspecified atom stereocenters. The number of morpholine rings is 1. The van der Waals surface area contributed by atoms with Crippen LogP contribution in [0.4, 0.5) is 10.8 Å². The Labute approximate surface area is 227 Å². The highest BCUT2D eigenvalue weighted by Crippen LogP contribution is 2.37. The molecule has 0 saturated carbocycles. The molecule has 1 saturated heterocycles. The van der Waals surface area contributed by atoms with E-state index in [-0.39, 0.29) is 10.9 Å². The van der Waals surface area contributed by atoms with E-state index in [0.29, 0.717) is 59.6 Å². The maximum absolute atomic E-state index is 13.2. The number of carbonyl (C=O) groups is 1. The Bertz CT molecular complexity index is 1630. The van der Waals surface area contributed by atoms with Crippen molar-refractivity contribution in [2.45, 2.75) is 4.90 Å². The van der Waals surface area contributed by atoms with Crippen LogP contribution in [0.5, 0.6) is 6.01 Å². The molecule has 0 bridgehead atoms. The highest BCUT2D eigenvalue weighted by atomic mass is 32.2. The standard InChI is InChI=1S/C24H23N7O6S2/c1-36-24-25-13-16(14-26-24)22-27-18-12-20(38-21(18)23(28-22)31-7-9-37-10-8-31)30-39(34,35)17-4-2-3-15(11-17)5-6-19(32)29-33/h2-6,11-14,30,33H,7-10H2,1H3,(H,29,32). The lowest BCUT2D eigenvalue weighted by Gasteiger charge is -2.28. The molecule has 1 amide bonds. The highest BCUT2D eigenvalue weighted by molar-refractivity contribution is 7.93. The maximum Gasteiger partial charge on any atom is 0.316 e. The Morgan fingerprint density at radius 1 is 1.18 bits per heavy atom. The third-order valence-electron chi connectivity index (χ3n) is 5.67. The summed E-state index contributed by atoms with van der Waals surface area (Å²) in [7, 11) is -2.50. The van der Waals surface area contributed by atoms with Crippen molar-refractivity contribution in [3.05, 3.63) is 54.4 Å². The molecule has 13 nitrogen and oxygen atoms in total. The zero-order valence-electron chi connectivity index (χ0n) is 20.6. The third kappa shape index (κ3) is 5.96. The van der Waals surface area contributed by atoms with E-state index in [1.165, 1.54) is 42.1 Å². The molecule has 0 spiro atoms. The predicted molar refractivity (Wildman–Crippen MR) is 144 cm³/mol. The molecule has 1 fully saturated rings. The van der Waals surface area contributed by atoms with Crippen LogP contribution in [0, 0.1) is 0 Å². The van der Waals surface area contributed by atoms with Gasteiger partial charge in [0.2, 0.25) is 0 Å². The van der Waals surface area contributed by atoms with Crippen molar-refractivity contribution in [3.63, 3.8) is 0 Å². The Kier molecular flexibility index (Phi) is 7.65. The fraction of sp³-hybridized carbons (Fsp3) is 0.208. The summed E-state index contributed by atoms with van der Waals surface area (Å²) in [6.07, 6.45) is 5.61. The summed E-state index contributed by atoms with van der Waals surface area (Å²) in [5.41, 5.74) is 3.09. The zero-order chi connectivity index (χ0) is 27.4. The van der Waals surface area contributed by atoms with Gasteiger partial charge < -0.3 is 14.4 Å². The summed E-state index contributed by atoms with van der Waals surface area (Å²) >= 11 is 1.23. The van der Waals surface area contributed by atoms with Crippen LogP contribution >= 0.6 is 11.3 Å². The Balaban J connectivity index is 1.50. The number of thiophene rings is 1. The molecular formula is C24H23N7O6S2. The second-order valence-electron chi connectivity index (χ2n) is 8.24. The summed E-state index contributed by atoms with van der Waals surface area (Å²) in [6.45, 7) is 2.33. The molecule has 3 N–H and O–H groups in total. The van der Waals surface area contributed by atoms with Crippen molar-refractivity contribution < 1.29 is 27.9 Å². The number of rotatable bonds is 8. The number of ether oxygens (including phenoxy) is 2. The minimum atomic E-state index is -3.97. The van der Waals surface area contributed by atoms with Crippen molar-refractivity contribution >= 4 is 54.4 Å². The van der Waals surface area contributed by atoms with Crippen LogP contribution in [0.3, 0.4) is 0 Å². The minimum Gasteiger partial charge on any atom is -0.467 e. The molecule has 0 atom stereocenters. The first-order valence-corrected chi connectivity index (χ1v) is 13.9. The van der Waals surface area contributed by atoms with E-state index < -0.39 is 15.9 Å². The number of fused-ring (bicyclic) bond motifs is 1. The topological polar surface area (TPSA) is 169 Å². The van der Waals surface area contributed by atoms with E-state index in [0.717, 1.165) is 10.8 Å². The van der Waals surface area contributed by atoms with Crippen LogP contribution in [0.2, 0.25) is 0 Å². The fourth-order valence-electron chi connectivity index (χ4n) is 3.81. The molecule has 15 heteroatoms. The summed E-state index contributed by atoms with van der Waals surface area (Å²) in [4.78, 5) is 31.1. The molecular weight excluding hydrogens is 546 g/mol. The van der Waals surface area contributed by atoms with Gasteiger partial charge in [-0.05, 0) is 29.8 Å². The molecule has 39 heavy (non-hydrogen) atoms. The number of hydrogen-bond donors (Lipinski definition) is 3. The van der Waals surface area contributed by atoms with Gasteiger partial charge in [0.15, 0.2) is 11.6 Å².